The monoisotopic (exact) mass is 323 g/mol. The molecular formula is C11H9ClF3N3OS. The summed E-state index contributed by atoms with van der Waals surface area (Å²) in [6.07, 6.45) is -5.21. The second-order valence-corrected chi connectivity index (χ2v) is 5.06. The van der Waals surface area contributed by atoms with Gasteiger partial charge in [-0.05, 0) is 24.0 Å². The van der Waals surface area contributed by atoms with Crippen molar-refractivity contribution < 1.29 is 18.3 Å². The van der Waals surface area contributed by atoms with Crippen LogP contribution in [0.25, 0.3) is 0 Å². The van der Waals surface area contributed by atoms with E-state index >= 15 is 0 Å². The van der Waals surface area contributed by atoms with E-state index in [0.29, 0.717) is 17.0 Å². The molecule has 1 unspecified atom stereocenters. The summed E-state index contributed by atoms with van der Waals surface area (Å²) in [6, 6.07) is 1.90. The highest BCUT2D eigenvalue weighted by Crippen LogP contribution is 2.34. The Labute approximate surface area is 121 Å². The van der Waals surface area contributed by atoms with Crippen LogP contribution in [0.3, 0.4) is 0 Å². The Bertz CT molecular complexity index is 617. The molecule has 0 aliphatic rings. The fourth-order valence-corrected chi connectivity index (χ4v) is 2.62. The molecule has 2 rings (SSSR count). The number of hydrogen-bond acceptors (Lipinski definition) is 5. The highest BCUT2D eigenvalue weighted by molar-refractivity contribution is 7.05. The highest BCUT2D eigenvalue weighted by atomic mass is 35.5. The molecule has 2 heterocycles. The van der Waals surface area contributed by atoms with Gasteiger partial charge in [-0.1, -0.05) is 29.1 Å². The lowest BCUT2D eigenvalue weighted by molar-refractivity contribution is -0.141. The van der Waals surface area contributed by atoms with Crippen molar-refractivity contribution in [2.45, 2.75) is 25.6 Å². The van der Waals surface area contributed by atoms with E-state index in [1.165, 1.54) is 0 Å². The zero-order chi connectivity index (χ0) is 14.9. The third-order valence-electron chi connectivity index (χ3n) is 2.63. The standard InChI is InChI=1S/C11H9ClF3N3OS/c1-2-6-9(20-18-17-6)8(19)5-3-4-7(11(13,14)15)16-10(5)12/h3-4,8,19H,2H2,1H3. The van der Waals surface area contributed by atoms with Gasteiger partial charge < -0.3 is 5.11 Å². The number of aromatic nitrogens is 3. The van der Waals surface area contributed by atoms with Crippen LogP contribution < -0.4 is 0 Å². The van der Waals surface area contributed by atoms with Gasteiger partial charge in [-0.2, -0.15) is 13.2 Å². The summed E-state index contributed by atoms with van der Waals surface area (Å²) in [4.78, 5) is 3.73. The molecule has 4 nitrogen and oxygen atoms in total. The van der Waals surface area contributed by atoms with E-state index in [1.807, 2.05) is 6.92 Å². The van der Waals surface area contributed by atoms with Crippen LogP contribution in [0.15, 0.2) is 12.1 Å². The minimum absolute atomic E-state index is 0.0976. The number of nitrogens with zero attached hydrogens (tertiary/aromatic N) is 3. The molecule has 2 aromatic rings. The van der Waals surface area contributed by atoms with Crippen molar-refractivity contribution in [2.24, 2.45) is 0 Å². The van der Waals surface area contributed by atoms with E-state index in [0.717, 1.165) is 23.7 Å². The van der Waals surface area contributed by atoms with Crippen molar-refractivity contribution in [1.82, 2.24) is 14.6 Å². The average molecular weight is 324 g/mol. The summed E-state index contributed by atoms with van der Waals surface area (Å²) in [5.74, 6) is 0. The van der Waals surface area contributed by atoms with Crippen LogP contribution in [-0.4, -0.2) is 19.7 Å². The number of alkyl halides is 3. The fourth-order valence-electron chi connectivity index (χ4n) is 1.62. The van der Waals surface area contributed by atoms with E-state index in [1.54, 1.807) is 0 Å². The quantitative estimate of drug-likeness (QED) is 0.881. The van der Waals surface area contributed by atoms with Crippen molar-refractivity contribution in [3.05, 3.63) is 39.1 Å². The zero-order valence-electron chi connectivity index (χ0n) is 10.1. The van der Waals surface area contributed by atoms with Gasteiger partial charge in [0.1, 0.15) is 17.0 Å². The lowest BCUT2D eigenvalue weighted by Crippen LogP contribution is -2.10. The first-order valence-electron chi connectivity index (χ1n) is 5.57. The molecule has 0 saturated heterocycles. The molecule has 0 saturated carbocycles. The van der Waals surface area contributed by atoms with Crippen LogP contribution in [0.1, 0.15) is 34.9 Å². The SMILES string of the molecule is CCc1nnsc1C(O)c1ccc(C(F)(F)F)nc1Cl. The fraction of sp³-hybridized carbons (Fsp3) is 0.364. The summed E-state index contributed by atoms with van der Waals surface area (Å²) < 4.78 is 41.2. The van der Waals surface area contributed by atoms with Crippen LogP contribution in [0.5, 0.6) is 0 Å². The molecule has 9 heteroatoms. The molecule has 0 bridgehead atoms. The van der Waals surface area contributed by atoms with Gasteiger partial charge in [0.15, 0.2) is 0 Å². The van der Waals surface area contributed by atoms with Gasteiger partial charge in [0.05, 0.1) is 10.6 Å². The number of pyridine rings is 1. The van der Waals surface area contributed by atoms with Crippen LogP contribution in [0.2, 0.25) is 5.15 Å². The summed E-state index contributed by atoms with van der Waals surface area (Å²) in [5, 5.41) is 13.6. The summed E-state index contributed by atoms with van der Waals surface area (Å²) in [6.45, 7) is 1.83. The molecule has 0 spiro atoms. The molecular weight excluding hydrogens is 315 g/mol. The lowest BCUT2D eigenvalue weighted by Gasteiger charge is -2.13. The van der Waals surface area contributed by atoms with Crippen LogP contribution >= 0.6 is 23.1 Å². The molecule has 1 N–H and O–H groups in total. The van der Waals surface area contributed by atoms with Crippen molar-refractivity contribution in [3.8, 4) is 0 Å². The molecule has 0 aliphatic carbocycles. The van der Waals surface area contributed by atoms with Crippen molar-refractivity contribution in [1.29, 1.82) is 0 Å². The van der Waals surface area contributed by atoms with Gasteiger partial charge in [-0.15, -0.1) is 5.10 Å². The van der Waals surface area contributed by atoms with Gasteiger partial charge in [-0.3, -0.25) is 0 Å². The number of aryl methyl sites for hydroxylation is 1. The maximum absolute atomic E-state index is 12.5. The van der Waals surface area contributed by atoms with Crippen molar-refractivity contribution in [2.75, 3.05) is 0 Å². The predicted molar refractivity (Wildman–Crippen MR) is 67.6 cm³/mol. The molecule has 108 valence electrons. The van der Waals surface area contributed by atoms with Gasteiger partial charge >= 0.3 is 6.18 Å². The molecule has 0 fully saturated rings. The predicted octanol–water partition coefficient (Wildman–Crippen LogP) is 3.25. The minimum atomic E-state index is -4.58. The molecule has 20 heavy (non-hydrogen) atoms. The first-order valence-corrected chi connectivity index (χ1v) is 6.72. The Morgan fingerprint density at radius 3 is 2.65 bits per heavy atom. The largest absolute Gasteiger partial charge is 0.433 e. The van der Waals surface area contributed by atoms with Crippen molar-refractivity contribution in [3.63, 3.8) is 0 Å². The smallest absolute Gasteiger partial charge is 0.383 e. The zero-order valence-corrected chi connectivity index (χ0v) is 11.7. The summed E-state index contributed by atoms with van der Waals surface area (Å²) in [5.41, 5.74) is -0.421. The third-order valence-corrected chi connectivity index (χ3v) is 3.75. The van der Waals surface area contributed by atoms with Crippen LogP contribution in [-0.2, 0) is 12.6 Å². The minimum Gasteiger partial charge on any atom is -0.383 e. The second-order valence-electron chi connectivity index (χ2n) is 3.91. The number of aliphatic hydroxyl groups excluding tert-OH is 1. The first-order chi connectivity index (χ1) is 9.34. The summed E-state index contributed by atoms with van der Waals surface area (Å²) >= 11 is 6.71. The number of rotatable bonds is 3. The van der Waals surface area contributed by atoms with E-state index in [2.05, 4.69) is 14.6 Å². The molecule has 0 radical (unpaired) electrons. The summed E-state index contributed by atoms with van der Waals surface area (Å²) in [7, 11) is 0. The lowest BCUT2D eigenvalue weighted by atomic mass is 10.1. The second kappa shape index (κ2) is 5.63. The highest BCUT2D eigenvalue weighted by Gasteiger charge is 2.33. The van der Waals surface area contributed by atoms with Gasteiger partial charge in [0.2, 0.25) is 0 Å². The van der Waals surface area contributed by atoms with Crippen LogP contribution in [0, 0.1) is 0 Å². The molecule has 0 aliphatic heterocycles. The van der Waals surface area contributed by atoms with Gasteiger partial charge in [-0.25, -0.2) is 4.98 Å². The normalized spacial score (nSPS) is 13.5. The maximum atomic E-state index is 12.5. The number of aliphatic hydroxyl groups is 1. The van der Waals surface area contributed by atoms with E-state index in [-0.39, 0.29) is 10.7 Å². The van der Waals surface area contributed by atoms with E-state index < -0.39 is 18.0 Å². The topological polar surface area (TPSA) is 58.9 Å². The Hall–Kier alpha value is -1.25. The Balaban J connectivity index is 2.39. The molecule has 0 aromatic carbocycles. The molecule has 1 atom stereocenters. The first kappa shape index (κ1) is 15.1. The van der Waals surface area contributed by atoms with Gasteiger partial charge in [0, 0.05) is 5.56 Å². The Morgan fingerprint density at radius 1 is 1.40 bits per heavy atom. The van der Waals surface area contributed by atoms with Crippen molar-refractivity contribution >= 4 is 23.1 Å². The Kier molecular flexibility index (Phi) is 4.26. The van der Waals surface area contributed by atoms with Gasteiger partial charge in [0.25, 0.3) is 0 Å². The number of halogens is 4. The Morgan fingerprint density at radius 2 is 2.10 bits per heavy atom. The van der Waals surface area contributed by atoms with Crippen LogP contribution in [0.4, 0.5) is 13.2 Å². The maximum Gasteiger partial charge on any atom is 0.433 e. The molecule has 0 amide bonds. The third kappa shape index (κ3) is 2.92. The average Bonchev–Trinajstić information content (AvgIpc) is 2.85. The molecule has 2 aromatic heterocycles. The van der Waals surface area contributed by atoms with E-state index in [9.17, 15) is 18.3 Å². The van der Waals surface area contributed by atoms with E-state index in [4.69, 9.17) is 11.6 Å². The number of hydrogen-bond donors (Lipinski definition) is 1.